The third-order valence-electron chi connectivity index (χ3n) is 3.32. The van der Waals surface area contributed by atoms with E-state index < -0.39 is 0 Å². The summed E-state index contributed by atoms with van der Waals surface area (Å²) < 4.78 is 5.31. The molecule has 0 aromatic heterocycles. The quantitative estimate of drug-likeness (QED) is 0.796. The van der Waals surface area contributed by atoms with E-state index in [9.17, 15) is 9.59 Å². The van der Waals surface area contributed by atoms with Crippen molar-refractivity contribution < 1.29 is 14.3 Å². The highest BCUT2D eigenvalue weighted by molar-refractivity contribution is 5.81. The van der Waals surface area contributed by atoms with Gasteiger partial charge in [0.1, 0.15) is 5.75 Å². The molecule has 2 N–H and O–H groups in total. The number of carbonyl (C=O) groups is 2. The van der Waals surface area contributed by atoms with Gasteiger partial charge in [0.15, 0.2) is 0 Å². The summed E-state index contributed by atoms with van der Waals surface area (Å²) in [5, 5.41) is 5.81. The van der Waals surface area contributed by atoms with Crippen molar-refractivity contribution in [2.45, 2.75) is 39.3 Å². The molecule has 2 amide bonds. The van der Waals surface area contributed by atoms with Crippen molar-refractivity contribution in [3.8, 4) is 5.75 Å². The van der Waals surface area contributed by atoms with Gasteiger partial charge in [0, 0.05) is 11.1 Å². The van der Waals surface area contributed by atoms with Gasteiger partial charge in [0.2, 0.25) is 11.8 Å². The van der Waals surface area contributed by atoms with Gasteiger partial charge in [-0.05, 0) is 40.8 Å². The zero-order chi connectivity index (χ0) is 18.3. The summed E-state index contributed by atoms with van der Waals surface area (Å²) in [5.41, 5.74) is 0.639. The van der Waals surface area contributed by atoms with Crippen molar-refractivity contribution in [3.63, 3.8) is 0 Å². The summed E-state index contributed by atoms with van der Waals surface area (Å²) in [6, 6.07) is 7.40. The fourth-order valence-corrected chi connectivity index (χ4v) is 2.39. The summed E-state index contributed by atoms with van der Waals surface area (Å²) in [6.07, 6.45) is 0. The summed E-state index contributed by atoms with van der Waals surface area (Å²) in [4.78, 5) is 25.7. The van der Waals surface area contributed by atoms with Crippen molar-refractivity contribution in [2.75, 3.05) is 27.2 Å². The van der Waals surface area contributed by atoms with Gasteiger partial charge in [0.25, 0.3) is 0 Å². The first-order valence-corrected chi connectivity index (χ1v) is 8.04. The number of rotatable bonds is 7. The summed E-state index contributed by atoms with van der Waals surface area (Å²) >= 11 is 0. The SMILES string of the molecule is COc1ccccc1C(C)NC(=O)CN(C)CC(=O)NC(C)(C)C. The van der Waals surface area contributed by atoms with Crippen LogP contribution >= 0.6 is 0 Å². The van der Waals surface area contributed by atoms with E-state index >= 15 is 0 Å². The van der Waals surface area contributed by atoms with E-state index in [2.05, 4.69) is 10.6 Å². The average molecular weight is 335 g/mol. The van der Waals surface area contributed by atoms with E-state index in [1.54, 1.807) is 19.1 Å². The molecule has 1 atom stereocenters. The number of benzene rings is 1. The summed E-state index contributed by atoms with van der Waals surface area (Å²) in [6.45, 7) is 8.00. The molecule has 0 heterocycles. The molecule has 0 aliphatic carbocycles. The number of likely N-dealkylation sites (N-methyl/N-ethyl adjacent to an activating group) is 1. The molecule has 1 rings (SSSR count). The summed E-state index contributed by atoms with van der Waals surface area (Å²) in [5.74, 6) is 0.498. The highest BCUT2D eigenvalue weighted by Crippen LogP contribution is 2.24. The second kappa shape index (κ2) is 8.68. The Hall–Kier alpha value is -2.08. The Morgan fingerprint density at radius 2 is 1.75 bits per heavy atom. The molecule has 6 nitrogen and oxygen atoms in total. The summed E-state index contributed by atoms with van der Waals surface area (Å²) in [7, 11) is 3.35. The molecule has 0 saturated carbocycles. The number of hydrogen-bond donors (Lipinski definition) is 2. The van der Waals surface area contributed by atoms with E-state index in [0.717, 1.165) is 11.3 Å². The topological polar surface area (TPSA) is 70.7 Å². The van der Waals surface area contributed by atoms with Crippen molar-refractivity contribution in [1.29, 1.82) is 0 Å². The maximum Gasteiger partial charge on any atom is 0.234 e. The lowest BCUT2D eigenvalue weighted by Gasteiger charge is -2.23. The van der Waals surface area contributed by atoms with Crippen LogP contribution in [0.3, 0.4) is 0 Å². The minimum absolute atomic E-state index is 0.101. The highest BCUT2D eigenvalue weighted by atomic mass is 16.5. The average Bonchev–Trinajstić information content (AvgIpc) is 2.44. The van der Waals surface area contributed by atoms with Crippen LogP contribution in [0.2, 0.25) is 0 Å². The predicted octanol–water partition coefficient (Wildman–Crippen LogP) is 1.72. The van der Waals surface area contributed by atoms with Gasteiger partial charge in [-0.3, -0.25) is 14.5 Å². The van der Waals surface area contributed by atoms with Crippen LogP contribution in [0.4, 0.5) is 0 Å². The standard InChI is InChI=1S/C18H29N3O3/c1-13(14-9-7-8-10-15(14)24-6)19-16(22)11-21(5)12-17(23)20-18(2,3)4/h7-10,13H,11-12H2,1-6H3,(H,19,22)(H,20,23). The van der Waals surface area contributed by atoms with Crippen LogP contribution in [0.25, 0.3) is 0 Å². The number of amides is 2. The molecule has 1 aromatic rings. The van der Waals surface area contributed by atoms with Gasteiger partial charge in [-0.25, -0.2) is 0 Å². The molecule has 134 valence electrons. The fourth-order valence-electron chi connectivity index (χ4n) is 2.39. The Bertz CT molecular complexity index is 567. The molecular weight excluding hydrogens is 306 g/mol. The molecule has 1 aromatic carbocycles. The second-order valence-electron chi connectivity index (χ2n) is 7.00. The molecule has 6 heteroatoms. The maximum absolute atomic E-state index is 12.2. The Labute approximate surface area is 144 Å². The van der Waals surface area contributed by atoms with Gasteiger partial charge in [-0.1, -0.05) is 18.2 Å². The number of para-hydroxylation sites is 1. The normalized spacial score (nSPS) is 12.6. The van der Waals surface area contributed by atoms with Crippen molar-refractivity contribution in [3.05, 3.63) is 29.8 Å². The van der Waals surface area contributed by atoms with Crippen LogP contribution in [0.1, 0.15) is 39.3 Å². The molecular formula is C18H29N3O3. The van der Waals surface area contributed by atoms with Crippen LogP contribution < -0.4 is 15.4 Å². The van der Waals surface area contributed by atoms with Gasteiger partial charge in [0.05, 0.1) is 26.2 Å². The maximum atomic E-state index is 12.2. The van der Waals surface area contributed by atoms with Gasteiger partial charge >= 0.3 is 0 Å². The third kappa shape index (κ3) is 7.00. The number of nitrogens with zero attached hydrogens (tertiary/aromatic N) is 1. The molecule has 0 fully saturated rings. The largest absolute Gasteiger partial charge is 0.496 e. The number of ether oxygens (including phenoxy) is 1. The zero-order valence-electron chi connectivity index (χ0n) is 15.5. The second-order valence-corrected chi connectivity index (χ2v) is 7.00. The highest BCUT2D eigenvalue weighted by Gasteiger charge is 2.18. The Kier molecular flexibility index (Phi) is 7.22. The molecule has 1 unspecified atom stereocenters. The third-order valence-corrected chi connectivity index (χ3v) is 3.32. The first-order chi connectivity index (χ1) is 11.1. The van der Waals surface area contributed by atoms with Crippen molar-refractivity contribution in [1.82, 2.24) is 15.5 Å². The van der Waals surface area contributed by atoms with Crippen LogP contribution in [0.5, 0.6) is 5.75 Å². The number of hydrogen-bond acceptors (Lipinski definition) is 4. The van der Waals surface area contributed by atoms with E-state index in [-0.39, 0.29) is 36.5 Å². The lowest BCUT2D eigenvalue weighted by Crippen LogP contribution is -2.47. The molecule has 0 radical (unpaired) electrons. The van der Waals surface area contributed by atoms with Gasteiger partial charge in [-0.2, -0.15) is 0 Å². The number of methoxy groups -OCH3 is 1. The minimum Gasteiger partial charge on any atom is -0.496 e. The van der Waals surface area contributed by atoms with Crippen molar-refractivity contribution >= 4 is 11.8 Å². The lowest BCUT2D eigenvalue weighted by molar-refractivity contribution is -0.125. The van der Waals surface area contributed by atoms with Crippen LogP contribution in [-0.2, 0) is 9.59 Å². The molecule has 0 saturated heterocycles. The Morgan fingerprint density at radius 3 is 2.33 bits per heavy atom. The fraction of sp³-hybridized carbons (Fsp3) is 0.556. The van der Waals surface area contributed by atoms with E-state index in [0.29, 0.717) is 0 Å². The Morgan fingerprint density at radius 1 is 1.17 bits per heavy atom. The van der Waals surface area contributed by atoms with Gasteiger partial charge in [-0.15, -0.1) is 0 Å². The van der Waals surface area contributed by atoms with E-state index in [4.69, 9.17) is 4.74 Å². The minimum atomic E-state index is -0.279. The van der Waals surface area contributed by atoms with Crippen LogP contribution in [0, 0.1) is 0 Å². The van der Waals surface area contributed by atoms with Crippen molar-refractivity contribution in [2.24, 2.45) is 0 Å². The molecule has 0 bridgehead atoms. The first kappa shape index (κ1) is 20.0. The zero-order valence-corrected chi connectivity index (χ0v) is 15.5. The molecule has 0 spiro atoms. The predicted molar refractivity (Wildman–Crippen MR) is 94.9 cm³/mol. The van der Waals surface area contributed by atoms with Crippen LogP contribution in [0.15, 0.2) is 24.3 Å². The van der Waals surface area contributed by atoms with Crippen LogP contribution in [-0.4, -0.2) is 49.5 Å². The monoisotopic (exact) mass is 335 g/mol. The molecule has 0 aliphatic heterocycles. The van der Waals surface area contributed by atoms with E-state index in [1.807, 2.05) is 52.0 Å². The first-order valence-electron chi connectivity index (χ1n) is 8.04. The molecule has 0 aliphatic rings. The van der Waals surface area contributed by atoms with Gasteiger partial charge < -0.3 is 15.4 Å². The number of carbonyl (C=O) groups excluding carboxylic acids is 2. The van der Waals surface area contributed by atoms with E-state index in [1.165, 1.54) is 0 Å². The molecule has 24 heavy (non-hydrogen) atoms. The smallest absolute Gasteiger partial charge is 0.234 e. The lowest BCUT2D eigenvalue weighted by atomic mass is 10.1. The number of nitrogens with one attached hydrogen (secondary N) is 2. The Balaban J connectivity index is 2.52.